The number of phenols is 1. The number of anilines is 1. The maximum absolute atomic E-state index is 12.9. The second kappa shape index (κ2) is 5.18. The Hall–Kier alpha value is -1.60. The smallest absolute Gasteiger partial charge is 0.262 e. The molecule has 19 heavy (non-hydrogen) atoms. The van der Waals surface area contributed by atoms with Crippen molar-refractivity contribution in [3.05, 3.63) is 52.8 Å². The standard InChI is InChI=1S/C12H9BrFNO3S/c13-11-6-8(14)4-5-12(11)15-19(17,18)10-3-1-2-9(16)7-10/h1-7,15-16H. The molecule has 4 nitrogen and oxygen atoms in total. The molecular formula is C12H9BrFNO3S. The van der Waals surface area contributed by atoms with Crippen LogP contribution in [0.5, 0.6) is 5.75 Å². The Morgan fingerprint density at radius 3 is 2.53 bits per heavy atom. The minimum absolute atomic E-state index is 0.0799. The van der Waals surface area contributed by atoms with E-state index in [0.29, 0.717) is 0 Å². The van der Waals surface area contributed by atoms with E-state index in [1.165, 1.54) is 24.3 Å². The lowest BCUT2D eigenvalue weighted by atomic mass is 10.3. The minimum Gasteiger partial charge on any atom is -0.508 e. The minimum atomic E-state index is -3.83. The molecule has 7 heteroatoms. The first kappa shape index (κ1) is 13.8. The van der Waals surface area contributed by atoms with Crippen LogP contribution >= 0.6 is 15.9 Å². The molecular weight excluding hydrogens is 337 g/mol. The molecule has 0 radical (unpaired) electrons. The van der Waals surface area contributed by atoms with Gasteiger partial charge in [0.25, 0.3) is 10.0 Å². The summed E-state index contributed by atoms with van der Waals surface area (Å²) in [5, 5.41) is 9.28. The average Bonchev–Trinajstić information content (AvgIpc) is 2.33. The maximum atomic E-state index is 12.9. The van der Waals surface area contributed by atoms with Gasteiger partial charge in [0.05, 0.1) is 10.6 Å². The van der Waals surface area contributed by atoms with Crippen molar-refractivity contribution in [2.75, 3.05) is 4.72 Å². The number of aromatic hydroxyl groups is 1. The number of rotatable bonds is 3. The van der Waals surface area contributed by atoms with Gasteiger partial charge in [-0.05, 0) is 46.3 Å². The van der Waals surface area contributed by atoms with Gasteiger partial charge in [0.1, 0.15) is 11.6 Å². The van der Waals surface area contributed by atoms with E-state index < -0.39 is 15.8 Å². The predicted octanol–water partition coefficient (Wildman–Crippen LogP) is 3.09. The van der Waals surface area contributed by atoms with Crippen LogP contribution in [0.15, 0.2) is 51.8 Å². The van der Waals surface area contributed by atoms with Crippen molar-refractivity contribution in [2.45, 2.75) is 4.90 Å². The summed E-state index contributed by atoms with van der Waals surface area (Å²) < 4.78 is 39.6. The first-order chi connectivity index (χ1) is 8.88. The van der Waals surface area contributed by atoms with E-state index in [0.717, 1.165) is 18.2 Å². The first-order valence-electron chi connectivity index (χ1n) is 5.15. The Bertz CT molecular complexity index is 719. The average molecular weight is 346 g/mol. The van der Waals surface area contributed by atoms with Gasteiger partial charge in [-0.1, -0.05) is 6.07 Å². The number of hydrogen-bond acceptors (Lipinski definition) is 3. The van der Waals surface area contributed by atoms with Crippen LogP contribution in [-0.2, 0) is 10.0 Å². The number of hydrogen-bond donors (Lipinski definition) is 2. The Morgan fingerprint density at radius 2 is 1.89 bits per heavy atom. The fourth-order valence-electron chi connectivity index (χ4n) is 1.43. The van der Waals surface area contributed by atoms with Crippen LogP contribution in [0.3, 0.4) is 0 Å². The number of phenolic OH excluding ortho intramolecular Hbond substituents is 1. The third-order valence-corrected chi connectivity index (χ3v) is 4.32. The molecule has 0 aliphatic heterocycles. The topological polar surface area (TPSA) is 66.4 Å². The lowest BCUT2D eigenvalue weighted by Crippen LogP contribution is -2.13. The van der Waals surface area contributed by atoms with E-state index in [9.17, 15) is 17.9 Å². The maximum Gasteiger partial charge on any atom is 0.262 e. The molecule has 0 saturated carbocycles. The highest BCUT2D eigenvalue weighted by Gasteiger charge is 2.16. The number of nitrogens with one attached hydrogen (secondary N) is 1. The molecule has 2 aromatic rings. The van der Waals surface area contributed by atoms with Gasteiger partial charge in [0.2, 0.25) is 0 Å². The van der Waals surface area contributed by atoms with Gasteiger partial charge in [-0.3, -0.25) is 4.72 Å². The van der Waals surface area contributed by atoms with Gasteiger partial charge in [-0.15, -0.1) is 0 Å². The van der Waals surface area contributed by atoms with Crippen LogP contribution in [0.25, 0.3) is 0 Å². The van der Waals surface area contributed by atoms with Gasteiger partial charge in [-0.25, -0.2) is 12.8 Å². The molecule has 0 aromatic heterocycles. The van der Waals surface area contributed by atoms with Gasteiger partial charge in [0, 0.05) is 10.5 Å². The van der Waals surface area contributed by atoms with E-state index in [1.807, 2.05) is 0 Å². The molecule has 0 heterocycles. The van der Waals surface area contributed by atoms with E-state index in [1.54, 1.807) is 0 Å². The van der Waals surface area contributed by atoms with Crippen LogP contribution < -0.4 is 4.72 Å². The van der Waals surface area contributed by atoms with Crippen molar-refractivity contribution in [1.82, 2.24) is 0 Å². The summed E-state index contributed by atoms with van der Waals surface area (Å²) in [5.41, 5.74) is 0.213. The zero-order valence-corrected chi connectivity index (χ0v) is 11.9. The highest BCUT2D eigenvalue weighted by Crippen LogP contribution is 2.26. The first-order valence-corrected chi connectivity index (χ1v) is 7.43. The fraction of sp³-hybridized carbons (Fsp3) is 0. The molecule has 0 saturated heterocycles. The second-order valence-electron chi connectivity index (χ2n) is 3.73. The monoisotopic (exact) mass is 345 g/mol. The van der Waals surface area contributed by atoms with Crippen LogP contribution in [-0.4, -0.2) is 13.5 Å². The summed E-state index contributed by atoms with van der Waals surface area (Å²) in [6.45, 7) is 0. The Balaban J connectivity index is 2.36. The highest BCUT2D eigenvalue weighted by molar-refractivity contribution is 9.10. The van der Waals surface area contributed by atoms with Crippen molar-refractivity contribution >= 4 is 31.6 Å². The number of sulfonamides is 1. The van der Waals surface area contributed by atoms with Gasteiger partial charge in [-0.2, -0.15) is 0 Å². The molecule has 0 unspecified atom stereocenters. The summed E-state index contributed by atoms with van der Waals surface area (Å²) in [5.74, 6) is -0.631. The molecule has 0 atom stereocenters. The van der Waals surface area contributed by atoms with Crippen molar-refractivity contribution in [3.63, 3.8) is 0 Å². The van der Waals surface area contributed by atoms with Crippen molar-refractivity contribution < 1.29 is 17.9 Å². The fourth-order valence-corrected chi connectivity index (χ4v) is 3.13. The molecule has 2 rings (SSSR count). The SMILES string of the molecule is O=S(=O)(Nc1ccc(F)cc1Br)c1cccc(O)c1. The molecule has 0 fully saturated rings. The Kier molecular flexibility index (Phi) is 3.77. The van der Waals surface area contributed by atoms with Crippen molar-refractivity contribution in [1.29, 1.82) is 0 Å². The van der Waals surface area contributed by atoms with Gasteiger partial charge < -0.3 is 5.11 Å². The Labute approximate surface area is 118 Å². The van der Waals surface area contributed by atoms with E-state index >= 15 is 0 Å². The molecule has 2 aromatic carbocycles. The number of benzene rings is 2. The largest absolute Gasteiger partial charge is 0.508 e. The quantitative estimate of drug-likeness (QED) is 0.898. The normalized spacial score (nSPS) is 11.3. The van der Waals surface area contributed by atoms with E-state index in [4.69, 9.17) is 0 Å². The lowest BCUT2D eigenvalue weighted by molar-refractivity contribution is 0.473. The van der Waals surface area contributed by atoms with Crippen LogP contribution in [0.4, 0.5) is 10.1 Å². The molecule has 0 aliphatic rings. The summed E-state index contributed by atoms with van der Waals surface area (Å²) in [7, 11) is -3.83. The van der Waals surface area contributed by atoms with Crippen LogP contribution in [0.1, 0.15) is 0 Å². The van der Waals surface area contributed by atoms with Gasteiger partial charge >= 0.3 is 0 Å². The molecule has 100 valence electrons. The van der Waals surface area contributed by atoms with Crippen LogP contribution in [0, 0.1) is 5.82 Å². The zero-order chi connectivity index (χ0) is 14.0. The summed E-state index contributed by atoms with van der Waals surface area (Å²) in [6.07, 6.45) is 0. The third kappa shape index (κ3) is 3.24. The van der Waals surface area contributed by atoms with Crippen molar-refractivity contribution in [2.24, 2.45) is 0 Å². The summed E-state index contributed by atoms with van der Waals surface area (Å²) in [6, 6.07) is 8.86. The van der Waals surface area contributed by atoms with Crippen molar-refractivity contribution in [3.8, 4) is 5.75 Å². The van der Waals surface area contributed by atoms with E-state index in [2.05, 4.69) is 20.7 Å². The highest BCUT2D eigenvalue weighted by atomic mass is 79.9. The zero-order valence-electron chi connectivity index (χ0n) is 9.47. The third-order valence-electron chi connectivity index (χ3n) is 2.30. The molecule has 2 N–H and O–H groups in total. The lowest BCUT2D eigenvalue weighted by Gasteiger charge is -2.10. The predicted molar refractivity (Wildman–Crippen MR) is 73.0 cm³/mol. The Morgan fingerprint density at radius 1 is 1.16 bits per heavy atom. The second-order valence-corrected chi connectivity index (χ2v) is 6.26. The molecule has 0 amide bonds. The molecule has 0 bridgehead atoms. The summed E-state index contributed by atoms with van der Waals surface area (Å²) in [4.78, 5) is -0.0799. The molecule has 0 aliphatic carbocycles. The number of halogens is 2. The van der Waals surface area contributed by atoms with Gasteiger partial charge in [0.15, 0.2) is 0 Å². The van der Waals surface area contributed by atoms with Crippen LogP contribution in [0.2, 0.25) is 0 Å². The van der Waals surface area contributed by atoms with E-state index in [-0.39, 0.29) is 20.8 Å². The summed E-state index contributed by atoms with van der Waals surface area (Å²) >= 11 is 3.07. The molecule has 0 spiro atoms.